The number of hydrogen-bond acceptors (Lipinski definition) is 3. The van der Waals surface area contributed by atoms with Crippen molar-refractivity contribution in [2.75, 3.05) is 0 Å². The molecule has 0 atom stereocenters. The summed E-state index contributed by atoms with van der Waals surface area (Å²) in [6, 6.07) is 12.9. The molecule has 33 heavy (non-hydrogen) atoms. The highest BCUT2D eigenvalue weighted by atomic mass is 15.3. The molecule has 0 unspecified atom stereocenters. The van der Waals surface area contributed by atoms with Crippen LogP contribution >= 0.6 is 0 Å². The quantitative estimate of drug-likeness (QED) is 0.325. The second-order valence-corrected chi connectivity index (χ2v) is 9.20. The Bertz CT molecular complexity index is 1470. The summed E-state index contributed by atoms with van der Waals surface area (Å²) in [5.74, 6) is 0. The fraction of sp³-hybridized carbons (Fsp3) is 0.321. The van der Waals surface area contributed by atoms with Crippen LogP contribution in [-0.2, 0) is 13.0 Å². The van der Waals surface area contributed by atoms with Crippen molar-refractivity contribution in [1.82, 2.24) is 24.1 Å². The van der Waals surface area contributed by atoms with E-state index in [1.54, 1.807) is 0 Å². The molecule has 0 saturated carbocycles. The van der Waals surface area contributed by atoms with Gasteiger partial charge in [-0.1, -0.05) is 37.1 Å². The van der Waals surface area contributed by atoms with Crippen LogP contribution in [0.5, 0.6) is 0 Å². The first-order valence-electron chi connectivity index (χ1n) is 11.7. The van der Waals surface area contributed by atoms with E-state index >= 15 is 0 Å². The zero-order valence-corrected chi connectivity index (χ0v) is 20.4. The summed E-state index contributed by atoms with van der Waals surface area (Å²) in [5, 5.41) is 6.21. The van der Waals surface area contributed by atoms with Gasteiger partial charge in [-0.2, -0.15) is 9.61 Å². The second-order valence-electron chi connectivity index (χ2n) is 9.20. The number of rotatable bonds is 5. The molecule has 0 bridgehead atoms. The van der Waals surface area contributed by atoms with Crippen LogP contribution in [0, 0.1) is 34.6 Å². The Kier molecular flexibility index (Phi) is 5.28. The maximum Gasteiger partial charge on any atom is 0.165 e. The largest absolute Gasteiger partial charge is 0.323 e. The van der Waals surface area contributed by atoms with E-state index in [0.29, 0.717) is 0 Å². The van der Waals surface area contributed by atoms with Crippen LogP contribution in [0.3, 0.4) is 0 Å². The predicted octanol–water partition coefficient (Wildman–Crippen LogP) is 6.29. The van der Waals surface area contributed by atoms with Crippen LogP contribution in [0.15, 0.2) is 42.6 Å². The van der Waals surface area contributed by atoms with E-state index in [1.807, 2.05) is 12.3 Å². The minimum atomic E-state index is 0.717. The standard InChI is InChI=1S/C28H31N5/c1-7-10-23-15-24-20(5)30-27-26(25-18(3)13-17(2)14-19(25)4)21(6)31-33(27)28(24)32(23)16-22-11-8-9-12-29-22/h8-9,11-15H,7,10,16H2,1-6H3. The molecule has 0 N–H and O–H groups in total. The molecule has 5 rings (SSSR count). The fourth-order valence-electron chi connectivity index (χ4n) is 5.23. The number of aromatic nitrogens is 5. The lowest BCUT2D eigenvalue weighted by Gasteiger charge is -2.13. The molecule has 5 nitrogen and oxygen atoms in total. The summed E-state index contributed by atoms with van der Waals surface area (Å²) in [5.41, 5.74) is 12.6. The van der Waals surface area contributed by atoms with Gasteiger partial charge in [-0.3, -0.25) is 4.98 Å². The number of nitrogens with zero attached hydrogens (tertiary/aromatic N) is 5. The third-order valence-corrected chi connectivity index (χ3v) is 6.53. The van der Waals surface area contributed by atoms with Gasteiger partial charge in [0.2, 0.25) is 0 Å². The van der Waals surface area contributed by atoms with Gasteiger partial charge in [-0.25, -0.2) is 4.98 Å². The average Bonchev–Trinajstić information content (AvgIpc) is 3.27. The Labute approximate surface area is 195 Å². The van der Waals surface area contributed by atoms with Gasteiger partial charge in [-0.05, 0) is 75.9 Å². The van der Waals surface area contributed by atoms with Crippen LogP contribution in [0.1, 0.15) is 52.8 Å². The van der Waals surface area contributed by atoms with E-state index in [0.717, 1.165) is 58.7 Å². The van der Waals surface area contributed by atoms with Gasteiger partial charge >= 0.3 is 0 Å². The molecule has 0 aliphatic rings. The first-order valence-corrected chi connectivity index (χ1v) is 11.7. The Hall–Kier alpha value is -3.47. The third-order valence-electron chi connectivity index (χ3n) is 6.53. The van der Waals surface area contributed by atoms with E-state index < -0.39 is 0 Å². The summed E-state index contributed by atoms with van der Waals surface area (Å²) < 4.78 is 4.45. The highest BCUT2D eigenvalue weighted by molar-refractivity contribution is 5.90. The van der Waals surface area contributed by atoms with E-state index in [2.05, 4.69) is 85.9 Å². The molecular formula is C28H31N5. The molecule has 0 radical (unpaired) electrons. The highest BCUT2D eigenvalue weighted by Gasteiger charge is 2.22. The molecule has 0 aliphatic heterocycles. The maximum atomic E-state index is 5.10. The first-order chi connectivity index (χ1) is 15.9. The van der Waals surface area contributed by atoms with Gasteiger partial charge in [0, 0.05) is 17.3 Å². The Morgan fingerprint density at radius 1 is 0.879 bits per heavy atom. The normalized spacial score (nSPS) is 11.7. The van der Waals surface area contributed by atoms with E-state index in [-0.39, 0.29) is 0 Å². The Balaban J connectivity index is 1.84. The molecule has 5 aromatic rings. The zero-order chi connectivity index (χ0) is 23.3. The van der Waals surface area contributed by atoms with Gasteiger partial charge < -0.3 is 4.57 Å². The SMILES string of the molecule is CCCc1cc2c(C)nc3c(-c4c(C)cc(C)cc4C)c(C)nn3c2n1Cc1ccccn1. The van der Waals surface area contributed by atoms with Crippen LogP contribution in [0.2, 0.25) is 0 Å². The molecule has 0 amide bonds. The van der Waals surface area contributed by atoms with Gasteiger partial charge in [0.05, 0.1) is 29.2 Å². The summed E-state index contributed by atoms with van der Waals surface area (Å²) in [4.78, 5) is 9.70. The summed E-state index contributed by atoms with van der Waals surface area (Å²) >= 11 is 0. The molecule has 0 spiro atoms. The Morgan fingerprint density at radius 2 is 1.64 bits per heavy atom. The van der Waals surface area contributed by atoms with Crippen molar-refractivity contribution in [3.05, 3.63) is 82.1 Å². The maximum absolute atomic E-state index is 5.10. The number of pyridine rings is 1. The number of hydrogen-bond donors (Lipinski definition) is 0. The minimum absolute atomic E-state index is 0.717. The average molecular weight is 438 g/mol. The van der Waals surface area contributed by atoms with Crippen molar-refractivity contribution >= 4 is 16.7 Å². The molecule has 0 fully saturated rings. The van der Waals surface area contributed by atoms with Crippen LogP contribution in [-0.4, -0.2) is 24.1 Å². The molecule has 0 aliphatic carbocycles. The van der Waals surface area contributed by atoms with Crippen LogP contribution in [0.4, 0.5) is 0 Å². The Morgan fingerprint density at radius 3 is 2.30 bits per heavy atom. The van der Waals surface area contributed by atoms with Crippen molar-refractivity contribution in [1.29, 1.82) is 0 Å². The highest BCUT2D eigenvalue weighted by Crippen LogP contribution is 2.36. The number of benzene rings is 1. The molecule has 5 heteroatoms. The molecular weight excluding hydrogens is 406 g/mol. The van der Waals surface area contributed by atoms with Crippen molar-refractivity contribution in [2.24, 2.45) is 0 Å². The molecule has 4 heterocycles. The monoisotopic (exact) mass is 437 g/mol. The lowest BCUT2D eigenvalue weighted by molar-refractivity contribution is 0.714. The topological polar surface area (TPSA) is 48.0 Å². The summed E-state index contributed by atoms with van der Waals surface area (Å²) in [6.07, 6.45) is 3.95. The molecule has 1 aromatic carbocycles. The van der Waals surface area contributed by atoms with Crippen molar-refractivity contribution < 1.29 is 0 Å². The second kappa shape index (κ2) is 8.14. The fourth-order valence-corrected chi connectivity index (χ4v) is 5.23. The van der Waals surface area contributed by atoms with Crippen molar-refractivity contribution in [3.63, 3.8) is 0 Å². The van der Waals surface area contributed by atoms with Gasteiger partial charge in [0.1, 0.15) is 5.65 Å². The van der Waals surface area contributed by atoms with Crippen molar-refractivity contribution in [3.8, 4) is 11.1 Å². The lowest BCUT2D eigenvalue weighted by Crippen LogP contribution is -2.09. The number of fused-ring (bicyclic) bond motifs is 3. The smallest absolute Gasteiger partial charge is 0.165 e. The summed E-state index contributed by atoms with van der Waals surface area (Å²) in [7, 11) is 0. The predicted molar refractivity (Wildman–Crippen MR) is 135 cm³/mol. The van der Waals surface area contributed by atoms with Crippen LogP contribution in [0.25, 0.3) is 27.8 Å². The third kappa shape index (κ3) is 3.52. The van der Waals surface area contributed by atoms with E-state index in [9.17, 15) is 0 Å². The van der Waals surface area contributed by atoms with E-state index in [1.165, 1.54) is 27.9 Å². The minimum Gasteiger partial charge on any atom is -0.323 e. The van der Waals surface area contributed by atoms with Crippen molar-refractivity contribution in [2.45, 2.75) is 60.9 Å². The van der Waals surface area contributed by atoms with Gasteiger partial charge in [0.25, 0.3) is 0 Å². The van der Waals surface area contributed by atoms with E-state index in [4.69, 9.17) is 10.1 Å². The zero-order valence-electron chi connectivity index (χ0n) is 20.4. The van der Waals surface area contributed by atoms with Gasteiger partial charge in [0.15, 0.2) is 5.65 Å². The lowest BCUT2D eigenvalue weighted by atomic mass is 9.94. The molecule has 4 aromatic heterocycles. The van der Waals surface area contributed by atoms with Crippen LogP contribution < -0.4 is 0 Å². The molecule has 168 valence electrons. The molecule has 0 saturated heterocycles. The number of aryl methyl sites for hydroxylation is 6. The van der Waals surface area contributed by atoms with Gasteiger partial charge in [-0.15, -0.1) is 0 Å². The first kappa shape index (κ1) is 21.4. The summed E-state index contributed by atoms with van der Waals surface area (Å²) in [6.45, 7) is 13.7.